The Morgan fingerprint density at radius 3 is 2.37 bits per heavy atom. The van der Waals surface area contributed by atoms with Gasteiger partial charge in [-0.25, -0.2) is 0 Å². The molecule has 0 aliphatic carbocycles. The van der Waals surface area contributed by atoms with E-state index in [1.54, 1.807) is 42.9 Å². The minimum atomic E-state index is -0.0271. The molecule has 6 rings (SSSR count). The Morgan fingerprint density at radius 2 is 1.60 bits per heavy atom. The molecule has 0 spiro atoms. The van der Waals surface area contributed by atoms with Crippen molar-refractivity contribution in [1.29, 1.82) is 0 Å². The van der Waals surface area contributed by atoms with Crippen LogP contribution in [0.4, 0.5) is 0 Å². The normalized spacial score (nSPS) is 10.3. The average Bonchev–Trinajstić information content (AvgIpc) is 2.90. The number of hydrogen-bond acceptors (Lipinski definition) is 5. The molecule has 0 aliphatic rings. The second-order valence-corrected chi connectivity index (χ2v) is 7.57. The maximum atomic E-state index is 12.7. The first kappa shape index (κ1) is 24.1. The second-order valence-electron chi connectivity index (χ2n) is 7.57. The van der Waals surface area contributed by atoms with Gasteiger partial charge in [-0.15, -0.1) is 35.9 Å². The third kappa shape index (κ3) is 5.09. The van der Waals surface area contributed by atoms with Crippen molar-refractivity contribution >= 4 is 21.9 Å². The van der Waals surface area contributed by atoms with Crippen LogP contribution in [0.5, 0.6) is 0 Å². The van der Waals surface area contributed by atoms with Crippen molar-refractivity contribution in [1.82, 2.24) is 15.0 Å². The standard InChI is InChI=1S/C19H12NO2.C10H7N2.Ir/c1-12-6-5-11-20-17(12)14-8-4-9-15-18(21)13-7-2-3-10-16(13)22-19(14)15;1-2-7-12-10(5-1)9-4-3-6-11-8-9;/h2-7,9-11H,1H3;1-7H;/q2*-1;. The summed E-state index contributed by atoms with van der Waals surface area (Å²) in [5.41, 5.74) is 5.44. The van der Waals surface area contributed by atoms with Crippen LogP contribution in [-0.4, -0.2) is 15.0 Å². The Balaban J connectivity index is 0.000000189. The van der Waals surface area contributed by atoms with Gasteiger partial charge in [0, 0.05) is 32.5 Å². The van der Waals surface area contributed by atoms with Gasteiger partial charge in [-0.05, 0) is 54.2 Å². The second kappa shape index (κ2) is 11.0. The number of rotatable bonds is 2. The van der Waals surface area contributed by atoms with Crippen molar-refractivity contribution in [3.63, 3.8) is 0 Å². The van der Waals surface area contributed by atoms with E-state index < -0.39 is 0 Å². The first-order valence-electron chi connectivity index (χ1n) is 10.7. The largest absolute Gasteiger partial charge is 0.500 e. The van der Waals surface area contributed by atoms with Crippen molar-refractivity contribution in [3.05, 3.63) is 126 Å². The van der Waals surface area contributed by atoms with E-state index in [1.807, 2.05) is 61.5 Å². The third-order valence-corrected chi connectivity index (χ3v) is 5.33. The molecule has 4 heterocycles. The van der Waals surface area contributed by atoms with Crippen LogP contribution in [0, 0.1) is 19.2 Å². The maximum Gasteiger partial charge on any atom is 0.182 e. The van der Waals surface area contributed by atoms with Crippen LogP contribution in [0.2, 0.25) is 0 Å². The predicted molar refractivity (Wildman–Crippen MR) is 133 cm³/mol. The Labute approximate surface area is 215 Å². The van der Waals surface area contributed by atoms with Gasteiger partial charge in [0.2, 0.25) is 0 Å². The minimum absolute atomic E-state index is 0. The van der Waals surface area contributed by atoms with E-state index in [1.165, 1.54) is 0 Å². The van der Waals surface area contributed by atoms with Gasteiger partial charge in [0.15, 0.2) is 5.43 Å². The molecule has 5 nitrogen and oxygen atoms in total. The summed E-state index contributed by atoms with van der Waals surface area (Å²) in [7, 11) is 0. The van der Waals surface area contributed by atoms with Crippen molar-refractivity contribution < 1.29 is 24.5 Å². The van der Waals surface area contributed by atoms with E-state index in [0.29, 0.717) is 21.9 Å². The Morgan fingerprint density at radius 1 is 0.800 bits per heavy atom. The summed E-state index contributed by atoms with van der Waals surface area (Å²) in [6.45, 7) is 1.98. The Hall–Kier alpha value is -3.99. The molecular weight excluding hydrogens is 615 g/mol. The Kier molecular flexibility index (Phi) is 7.56. The fourth-order valence-electron chi connectivity index (χ4n) is 3.68. The first-order chi connectivity index (χ1) is 16.7. The van der Waals surface area contributed by atoms with Crippen molar-refractivity contribution in [2.24, 2.45) is 0 Å². The van der Waals surface area contributed by atoms with Crippen LogP contribution in [0.25, 0.3) is 44.5 Å². The van der Waals surface area contributed by atoms with Crippen LogP contribution >= 0.6 is 0 Å². The van der Waals surface area contributed by atoms with E-state index >= 15 is 0 Å². The summed E-state index contributed by atoms with van der Waals surface area (Å²) in [6, 6.07) is 27.4. The van der Waals surface area contributed by atoms with Crippen LogP contribution in [0.15, 0.2) is 107 Å². The van der Waals surface area contributed by atoms with Gasteiger partial charge in [-0.1, -0.05) is 47.7 Å². The zero-order valence-corrected chi connectivity index (χ0v) is 21.1. The predicted octanol–water partition coefficient (Wildman–Crippen LogP) is 6.06. The maximum absolute atomic E-state index is 12.7. The number of aryl methyl sites for hydroxylation is 1. The van der Waals surface area contributed by atoms with Crippen LogP contribution in [0.3, 0.4) is 0 Å². The molecule has 0 N–H and O–H groups in total. The van der Waals surface area contributed by atoms with Gasteiger partial charge in [-0.2, -0.15) is 0 Å². The topological polar surface area (TPSA) is 68.9 Å². The van der Waals surface area contributed by atoms with E-state index in [2.05, 4.69) is 27.2 Å². The van der Waals surface area contributed by atoms with Crippen LogP contribution in [0.1, 0.15) is 5.56 Å². The quantitative estimate of drug-likeness (QED) is 0.171. The third-order valence-electron chi connectivity index (χ3n) is 5.33. The van der Waals surface area contributed by atoms with Gasteiger partial charge in [0.25, 0.3) is 0 Å². The molecule has 0 aliphatic heterocycles. The summed E-state index contributed by atoms with van der Waals surface area (Å²) in [4.78, 5) is 25.2. The number of hydrogen-bond donors (Lipinski definition) is 0. The molecule has 173 valence electrons. The van der Waals surface area contributed by atoms with Gasteiger partial charge in [-0.3, -0.25) is 4.79 Å². The van der Waals surface area contributed by atoms with Crippen molar-refractivity contribution in [3.8, 4) is 22.5 Å². The van der Waals surface area contributed by atoms with Crippen molar-refractivity contribution in [2.75, 3.05) is 0 Å². The first-order valence-corrected chi connectivity index (χ1v) is 10.7. The van der Waals surface area contributed by atoms with Gasteiger partial charge >= 0.3 is 0 Å². The molecule has 0 unspecified atom stereocenters. The summed E-state index contributed by atoms with van der Waals surface area (Å²) < 4.78 is 6.00. The van der Waals surface area contributed by atoms with Gasteiger partial charge in [0.05, 0.1) is 11.0 Å². The smallest absolute Gasteiger partial charge is 0.182 e. The fourth-order valence-corrected chi connectivity index (χ4v) is 3.68. The number of aromatic nitrogens is 3. The van der Waals surface area contributed by atoms with Crippen LogP contribution in [-0.2, 0) is 20.1 Å². The molecule has 2 aromatic carbocycles. The zero-order chi connectivity index (χ0) is 23.3. The Bertz CT molecular complexity index is 1600. The molecule has 35 heavy (non-hydrogen) atoms. The van der Waals surface area contributed by atoms with Crippen LogP contribution < -0.4 is 5.43 Å². The molecule has 4 aromatic heterocycles. The van der Waals surface area contributed by atoms with E-state index in [0.717, 1.165) is 28.1 Å². The molecule has 0 amide bonds. The molecule has 0 saturated carbocycles. The van der Waals surface area contributed by atoms with Crippen molar-refractivity contribution in [2.45, 2.75) is 6.92 Å². The number of pyridine rings is 3. The molecule has 0 bridgehead atoms. The molecular formula is C29H19IrN3O2-2. The van der Waals surface area contributed by atoms with E-state index in [9.17, 15) is 4.79 Å². The molecule has 0 saturated heterocycles. The summed E-state index contributed by atoms with van der Waals surface area (Å²) in [6.07, 6.45) is 8.06. The average molecular weight is 634 g/mol. The number of benzene rings is 2. The number of para-hydroxylation sites is 1. The summed E-state index contributed by atoms with van der Waals surface area (Å²) in [5, 5.41) is 1.14. The number of nitrogens with zero attached hydrogens (tertiary/aromatic N) is 3. The number of fused-ring (bicyclic) bond motifs is 2. The van der Waals surface area contributed by atoms with E-state index in [-0.39, 0.29) is 25.5 Å². The molecule has 0 atom stereocenters. The molecule has 0 fully saturated rings. The molecule has 6 aromatic rings. The van der Waals surface area contributed by atoms with Gasteiger partial charge in [0.1, 0.15) is 5.58 Å². The van der Waals surface area contributed by atoms with E-state index in [4.69, 9.17) is 4.42 Å². The molecule has 1 radical (unpaired) electrons. The summed E-state index contributed by atoms with van der Waals surface area (Å²) in [5.74, 6) is 0. The SMILES string of the molecule is Cc1cccnc1-c1[c-]ccc2c(=O)c3ccccc3oc12.[Ir].[c-]1ncccc1-c1ccccn1. The van der Waals surface area contributed by atoms with Gasteiger partial charge < -0.3 is 19.4 Å². The monoisotopic (exact) mass is 634 g/mol. The molecule has 6 heteroatoms. The summed E-state index contributed by atoms with van der Waals surface area (Å²) >= 11 is 0. The zero-order valence-electron chi connectivity index (χ0n) is 18.7. The minimum Gasteiger partial charge on any atom is -0.500 e. The fraction of sp³-hybridized carbons (Fsp3) is 0.0345.